The molecule has 0 aromatic carbocycles. The molecular weight excluding hydrogens is 206 g/mol. The summed E-state index contributed by atoms with van der Waals surface area (Å²) in [6.45, 7) is 7.02. The zero-order chi connectivity index (χ0) is 10.9. The maximum Gasteiger partial charge on any atom is 0.0669 e. The van der Waals surface area contributed by atoms with Crippen molar-refractivity contribution in [2.45, 2.75) is 32.7 Å². The van der Waals surface area contributed by atoms with Gasteiger partial charge >= 0.3 is 0 Å². The van der Waals surface area contributed by atoms with Crippen LogP contribution in [0.5, 0.6) is 0 Å². The summed E-state index contributed by atoms with van der Waals surface area (Å²) >= 11 is 1.80. The summed E-state index contributed by atoms with van der Waals surface area (Å²) in [5.41, 5.74) is 0. The van der Waals surface area contributed by atoms with Crippen LogP contribution in [0, 0.1) is 0 Å². The van der Waals surface area contributed by atoms with Gasteiger partial charge in [-0.15, -0.1) is 11.3 Å². The minimum Gasteiger partial charge on any atom is -0.379 e. The fraction of sp³-hybridized carbons (Fsp3) is 0.667. The molecule has 0 saturated carbocycles. The second-order valence-electron chi connectivity index (χ2n) is 3.60. The van der Waals surface area contributed by atoms with E-state index in [1.54, 1.807) is 11.3 Å². The first-order valence-electron chi connectivity index (χ1n) is 5.73. The number of thiophene rings is 1. The second kappa shape index (κ2) is 7.85. The first-order chi connectivity index (χ1) is 7.38. The molecule has 2 nitrogen and oxygen atoms in total. The Morgan fingerprint density at radius 3 is 2.87 bits per heavy atom. The van der Waals surface area contributed by atoms with E-state index in [2.05, 4.69) is 36.7 Å². The summed E-state index contributed by atoms with van der Waals surface area (Å²) in [7, 11) is 0. The molecule has 0 amide bonds. The van der Waals surface area contributed by atoms with Gasteiger partial charge in [0.1, 0.15) is 0 Å². The van der Waals surface area contributed by atoms with Crippen molar-refractivity contribution in [3.05, 3.63) is 22.4 Å². The van der Waals surface area contributed by atoms with Gasteiger partial charge in [0, 0.05) is 11.5 Å². The van der Waals surface area contributed by atoms with Crippen LogP contribution in [0.2, 0.25) is 0 Å². The van der Waals surface area contributed by atoms with Crippen molar-refractivity contribution < 1.29 is 4.74 Å². The summed E-state index contributed by atoms with van der Waals surface area (Å²) < 4.78 is 5.61. The Morgan fingerprint density at radius 2 is 2.27 bits per heavy atom. The highest BCUT2D eigenvalue weighted by Crippen LogP contribution is 2.19. The lowest BCUT2D eigenvalue weighted by Crippen LogP contribution is -2.25. The highest BCUT2D eigenvalue weighted by molar-refractivity contribution is 7.10. The molecule has 0 saturated heterocycles. The van der Waals surface area contributed by atoms with Gasteiger partial charge in [0.05, 0.1) is 12.6 Å². The van der Waals surface area contributed by atoms with E-state index in [4.69, 9.17) is 4.74 Å². The van der Waals surface area contributed by atoms with E-state index in [0.717, 1.165) is 32.6 Å². The van der Waals surface area contributed by atoms with Gasteiger partial charge in [0.2, 0.25) is 0 Å². The van der Waals surface area contributed by atoms with Crippen molar-refractivity contribution in [2.75, 3.05) is 19.8 Å². The highest BCUT2D eigenvalue weighted by Gasteiger charge is 2.11. The summed E-state index contributed by atoms with van der Waals surface area (Å²) in [6.07, 6.45) is 2.25. The lowest BCUT2D eigenvalue weighted by molar-refractivity contribution is 0.113. The van der Waals surface area contributed by atoms with E-state index in [0.29, 0.717) is 6.04 Å². The zero-order valence-corrected chi connectivity index (χ0v) is 10.5. The quantitative estimate of drug-likeness (QED) is 0.689. The Kier molecular flexibility index (Phi) is 6.64. The van der Waals surface area contributed by atoms with E-state index in [9.17, 15) is 0 Å². The molecule has 1 atom stereocenters. The van der Waals surface area contributed by atoms with Crippen LogP contribution in [0.25, 0.3) is 0 Å². The summed E-state index contributed by atoms with van der Waals surface area (Å²) in [6, 6.07) is 4.64. The van der Waals surface area contributed by atoms with Gasteiger partial charge in [-0.2, -0.15) is 0 Å². The number of rotatable bonds is 8. The monoisotopic (exact) mass is 227 g/mol. The van der Waals surface area contributed by atoms with E-state index < -0.39 is 0 Å². The Balaban J connectivity index is 2.39. The second-order valence-corrected chi connectivity index (χ2v) is 4.58. The molecule has 1 unspecified atom stereocenters. The molecule has 1 N–H and O–H groups in total. The first kappa shape index (κ1) is 12.7. The third kappa shape index (κ3) is 4.78. The van der Waals surface area contributed by atoms with Crippen molar-refractivity contribution >= 4 is 11.3 Å². The molecule has 0 bridgehead atoms. The van der Waals surface area contributed by atoms with Crippen LogP contribution in [0.1, 0.15) is 37.6 Å². The molecule has 1 rings (SSSR count). The minimum atomic E-state index is 0.372. The highest BCUT2D eigenvalue weighted by atomic mass is 32.1. The van der Waals surface area contributed by atoms with Crippen molar-refractivity contribution in [3.63, 3.8) is 0 Å². The van der Waals surface area contributed by atoms with Crippen molar-refractivity contribution in [3.8, 4) is 0 Å². The Labute approximate surface area is 96.7 Å². The summed E-state index contributed by atoms with van der Waals surface area (Å²) in [5.74, 6) is 0. The minimum absolute atomic E-state index is 0.372. The average molecular weight is 227 g/mol. The molecule has 3 heteroatoms. The fourth-order valence-corrected chi connectivity index (χ4v) is 2.18. The third-order valence-corrected chi connectivity index (χ3v) is 3.15. The predicted octanol–water partition coefficient (Wildman–Crippen LogP) is 3.22. The van der Waals surface area contributed by atoms with Gasteiger partial charge in [-0.1, -0.05) is 19.9 Å². The molecule has 0 fully saturated rings. The molecule has 0 aliphatic heterocycles. The van der Waals surface area contributed by atoms with Crippen LogP contribution in [0.4, 0.5) is 0 Å². The molecule has 0 spiro atoms. The molecule has 0 aliphatic rings. The maximum absolute atomic E-state index is 5.61. The predicted molar refractivity (Wildman–Crippen MR) is 66.5 cm³/mol. The largest absolute Gasteiger partial charge is 0.379 e. The standard InChI is InChI=1S/C12H21NOS/c1-3-7-13-11(10-14-8-4-2)12-6-5-9-15-12/h5-6,9,11,13H,3-4,7-8,10H2,1-2H3. The van der Waals surface area contributed by atoms with Crippen LogP contribution >= 0.6 is 11.3 Å². The Morgan fingerprint density at radius 1 is 1.40 bits per heavy atom. The maximum atomic E-state index is 5.61. The van der Waals surface area contributed by atoms with Gasteiger partial charge < -0.3 is 10.1 Å². The molecule has 1 aromatic rings. The van der Waals surface area contributed by atoms with Crippen molar-refractivity contribution in [1.82, 2.24) is 5.32 Å². The molecule has 1 heterocycles. The third-order valence-electron chi connectivity index (χ3n) is 2.16. The molecule has 15 heavy (non-hydrogen) atoms. The molecule has 1 aromatic heterocycles. The number of hydrogen-bond acceptors (Lipinski definition) is 3. The van der Waals surface area contributed by atoms with Crippen LogP contribution in [-0.2, 0) is 4.74 Å². The summed E-state index contributed by atoms with van der Waals surface area (Å²) in [5, 5.41) is 5.64. The van der Waals surface area contributed by atoms with E-state index in [-0.39, 0.29) is 0 Å². The van der Waals surface area contributed by atoms with Crippen LogP contribution in [0.3, 0.4) is 0 Å². The Bertz CT molecular complexity index is 236. The lowest BCUT2D eigenvalue weighted by Gasteiger charge is -2.17. The number of ether oxygens (including phenoxy) is 1. The van der Waals surface area contributed by atoms with Gasteiger partial charge in [0.25, 0.3) is 0 Å². The smallest absolute Gasteiger partial charge is 0.0669 e. The molecule has 0 aliphatic carbocycles. The van der Waals surface area contributed by atoms with E-state index in [1.165, 1.54) is 4.88 Å². The molecule has 86 valence electrons. The van der Waals surface area contributed by atoms with Crippen molar-refractivity contribution in [1.29, 1.82) is 0 Å². The van der Waals surface area contributed by atoms with Crippen molar-refractivity contribution in [2.24, 2.45) is 0 Å². The average Bonchev–Trinajstić information content (AvgIpc) is 2.76. The Hall–Kier alpha value is -0.380. The van der Waals surface area contributed by atoms with E-state index in [1.807, 2.05) is 0 Å². The molecule has 0 radical (unpaired) electrons. The van der Waals surface area contributed by atoms with Crippen LogP contribution < -0.4 is 5.32 Å². The first-order valence-corrected chi connectivity index (χ1v) is 6.61. The number of hydrogen-bond donors (Lipinski definition) is 1. The van der Waals surface area contributed by atoms with Crippen LogP contribution in [0.15, 0.2) is 17.5 Å². The SMILES string of the molecule is CCCNC(COCCC)c1cccs1. The van der Waals surface area contributed by atoms with Crippen LogP contribution in [-0.4, -0.2) is 19.8 Å². The van der Waals surface area contributed by atoms with E-state index >= 15 is 0 Å². The lowest BCUT2D eigenvalue weighted by atomic mass is 10.2. The van der Waals surface area contributed by atoms with Gasteiger partial charge in [-0.05, 0) is 30.8 Å². The van der Waals surface area contributed by atoms with Gasteiger partial charge in [-0.25, -0.2) is 0 Å². The van der Waals surface area contributed by atoms with Gasteiger partial charge in [-0.3, -0.25) is 0 Å². The fourth-order valence-electron chi connectivity index (χ4n) is 1.40. The number of nitrogens with one attached hydrogen (secondary N) is 1. The molecular formula is C12H21NOS. The topological polar surface area (TPSA) is 21.3 Å². The zero-order valence-electron chi connectivity index (χ0n) is 9.66. The van der Waals surface area contributed by atoms with Gasteiger partial charge in [0.15, 0.2) is 0 Å². The summed E-state index contributed by atoms with van der Waals surface area (Å²) in [4.78, 5) is 1.37. The normalized spacial score (nSPS) is 12.9.